The van der Waals surface area contributed by atoms with Crippen LogP contribution in [-0.2, 0) is 6.54 Å². The minimum absolute atomic E-state index is 0.0355. The maximum Gasteiger partial charge on any atom is 0.251 e. The number of aryl methyl sites for hydroxylation is 3. The maximum atomic E-state index is 12.3. The van der Waals surface area contributed by atoms with Crippen LogP contribution in [0.1, 0.15) is 32.1 Å². The fraction of sp³-hybridized carbons (Fsp3) is 0.200. The van der Waals surface area contributed by atoms with E-state index >= 15 is 0 Å². The summed E-state index contributed by atoms with van der Waals surface area (Å²) in [7, 11) is 0. The fourth-order valence-electron chi connectivity index (χ4n) is 2.64. The second-order valence-electron chi connectivity index (χ2n) is 5.95. The van der Waals surface area contributed by atoms with Gasteiger partial charge in [0.25, 0.3) is 5.91 Å². The summed E-state index contributed by atoms with van der Waals surface area (Å²) in [6.45, 7) is 6.51. The van der Waals surface area contributed by atoms with E-state index in [4.69, 9.17) is 0 Å². The zero-order valence-corrected chi connectivity index (χ0v) is 14.9. The number of carbonyl (C=O) groups is 1. The predicted octanol–water partition coefficient (Wildman–Crippen LogP) is 4.67. The quantitative estimate of drug-likeness (QED) is 0.752. The molecular weight excluding hydrogens is 316 g/mol. The van der Waals surface area contributed by atoms with Crippen LogP contribution in [0.25, 0.3) is 11.3 Å². The molecule has 1 aromatic heterocycles. The monoisotopic (exact) mass is 336 g/mol. The standard InChI is InChI=1S/C20H20N2OS/c1-13-4-9-18(14(2)10-13)20(23)21-11-16-5-7-17(8-6-16)19-12-24-15(3)22-19/h4-10,12H,11H2,1-3H3,(H,21,23). The van der Waals surface area contributed by atoms with E-state index in [0.717, 1.165) is 38.5 Å². The molecule has 3 nitrogen and oxygen atoms in total. The third kappa shape index (κ3) is 3.71. The fourth-order valence-corrected chi connectivity index (χ4v) is 3.26. The van der Waals surface area contributed by atoms with Gasteiger partial charge in [-0.05, 0) is 38.0 Å². The average molecular weight is 336 g/mol. The Morgan fingerprint density at radius 3 is 2.46 bits per heavy atom. The minimum Gasteiger partial charge on any atom is -0.348 e. The Hall–Kier alpha value is -2.46. The van der Waals surface area contributed by atoms with Crippen LogP contribution >= 0.6 is 11.3 Å². The highest BCUT2D eigenvalue weighted by atomic mass is 32.1. The Kier molecular flexibility index (Phi) is 4.76. The van der Waals surface area contributed by atoms with Crippen LogP contribution in [0.3, 0.4) is 0 Å². The number of thiazole rings is 1. The van der Waals surface area contributed by atoms with Crippen molar-refractivity contribution in [1.82, 2.24) is 10.3 Å². The van der Waals surface area contributed by atoms with Crippen molar-refractivity contribution in [3.05, 3.63) is 75.1 Å². The Balaban J connectivity index is 1.65. The molecule has 0 radical (unpaired) electrons. The van der Waals surface area contributed by atoms with Crippen molar-refractivity contribution in [3.8, 4) is 11.3 Å². The first-order valence-corrected chi connectivity index (χ1v) is 8.78. The van der Waals surface area contributed by atoms with Crippen molar-refractivity contribution in [2.45, 2.75) is 27.3 Å². The Bertz CT molecular complexity index is 866. The lowest BCUT2D eigenvalue weighted by atomic mass is 10.0. The highest BCUT2D eigenvalue weighted by Crippen LogP contribution is 2.21. The smallest absolute Gasteiger partial charge is 0.251 e. The molecule has 0 fully saturated rings. The SMILES string of the molecule is Cc1ccc(C(=O)NCc2ccc(-c3csc(C)n3)cc2)c(C)c1. The van der Waals surface area contributed by atoms with Gasteiger partial charge < -0.3 is 5.32 Å². The van der Waals surface area contributed by atoms with Crippen LogP contribution in [0.4, 0.5) is 0 Å². The maximum absolute atomic E-state index is 12.3. The zero-order chi connectivity index (χ0) is 17.1. The van der Waals surface area contributed by atoms with Gasteiger partial charge in [0, 0.05) is 23.1 Å². The molecule has 2 aromatic carbocycles. The number of amides is 1. The molecule has 0 aliphatic carbocycles. The van der Waals surface area contributed by atoms with Gasteiger partial charge in [0.1, 0.15) is 0 Å². The van der Waals surface area contributed by atoms with E-state index in [1.165, 1.54) is 0 Å². The van der Waals surface area contributed by atoms with Crippen LogP contribution in [0.2, 0.25) is 0 Å². The van der Waals surface area contributed by atoms with Gasteiger partial charge in [0.2, 0.25) is 0 Å². The highest BCUT2D eigenvalue weighted by Gasteiger charge is 2.09. The van der Waals surface area contributed by atoms with Crippen molar-refractivity contribution in [2.75, 3.05) is 0 Å². The molecule has 4 heteroatoms. The number of benzene rings is 2. The molecule has 0 saturated heterocycles. The second kappa shape index (κ2) is 6.97. The van der Waals surface area contributed by atoms with Gasteiger partial charge in [-0.3, -0.25) is 4.79 Å². The van der Waals surface area contributed by atoms with E-state index in [9.17, 15) is 4.79 Å². The molecule has 3 aromatic rings. The number of carbonyl (C=O) groups excluding carboxylic acids is 1. The number of nitrogens with zero attached hydrogens (tertiary/aromatic N) is 1. The summed E-state index contributed by atoms with van der Waals surface area (Å²) in [6, 6.07) is 14.0. The third-order valence-electron chi connectivity index (χ3n) is 3.95. The lowest BCUT2D eigenvalue weighted by Crippen LogP contribution is -2.23. The molecule has 0 atom stereocenters. The van der Waals surface area contributed by atoms with Crippen molar-refractivity contribution < 1.29 is 4.79 Å². The summed E-state index contributed by atoms with van der Waals surface area (Å²) in [4.78, 5) is 16.8. The molecule has 0 saturated carbocycles. The van der Waals surface area contributed by atoms with Crippen LogP contribution in [0.5, 0.6) is 0 Å². The zero-order valence-electron chi connectivity index (χ0n) is 14.1. The summed E-state index contributed by atoms with van der Waals surface area (Å²) in [6.07, 6.45) is 0. The molecule has 3 rings (SSSR count). The molecular formula is C20H20N2OS. The minimum atomic E-state index is -0.0355. The predicted molar refractivity (Wildman–Crippen MR) is 99.4 cm³/mol. The first-order valence-electron chi connectivity index (χ1n) is 7.90. The van der Waals surface area contributed by atoms with E-state index in [1.54, 1.807) is 11.3 Å². The molecule has 0 bridgehead atoms. The summed E-state index contributed by atoms with van der Waals surface area (Å²) in [5.41, 5.74) is 6.07. The first-order chi connectivity index (χ1) is 11.5. The Morgan fingerprint density at radius 2 is 1.83 bits per heavy atom. The topological polar surface area (TPSA) is 42.0 Å². The molecule has 24 heavy (non-hydrogen) atoms. The van der Waals surface area contributed by atoms with E-state index in [2.05, 4.69) is 15.7 Å². The Morgan fingerprint density at radius 1 is 1.08 bits per heavy atom. The van der Waals surface area contributed by atoms with E-state index in [0.29, 0.717) is 6.54 Å². The van der Waals surface area contributed by atoms with Crippen LogP contribution < -0.4 is 5.32 Å². The van der Waals surface area contributed by atoms with Crippen molar-refractivity contribution in [2.24, 2.45) is 0 Å². The van der Waals surface area contributed by atoms with Crippen molar-refractivity contribution in [3.63, 3.8) is 0 Å². The van der Waals surface area contributed by atoms with E-state index in [1.807, 2.05) is 63.2 Å². The van der Waals surface area contributed by atoms with Gasteiger partial charge in [0.05, 0.1) is 10.7 Å². The highest BCUT2D eigenvalue weighted by molar-refractivity contribution is 7.09. The van der Waals surface area contributed by atoms with E-state index in [-0.39, 0.29) is 5.91 Å². The number of aromatic nitrogens is 1. The third-order valence-corrected chi connectivity index (χ3v) is 4.72. The largest absolute Gasteiger partial charge is 0.348 e. The number of nitrogens with one attached hydrogen (secondary N) is 1. The average Bonchev–Trinajstić information content (AvgIpc) is 2.99. The summed E-state index contributed by atoms with van der Waals surface area (Å²) in [5.74, 6) is -0.0355. The molecule has 1 heterocycles. The molecule has 0 spiro atoms. The van der Waals surface area contributed by atoms with Gasteiger partial charge in [-0.25, -0.2) is 4.98 Å². The van der Waals surface area contributed by atoms with Crippen LogP contribution in [0, 0.1) is 20.8 Å². The molecule has 122 valence electrons. The van der Waals surface area contributed by atoms with Gasteiger partial charge >= 0.3 is 0 Å². The van der Waals surface area contributed by atoms with Crippen molar-refractivity contribution in [1.29, 1.82) is 0 Å². The van der Waals surface area contributed by atoms with Gasteiger partial charge in [-0.15, -0.1) is 11.3 Å². The molecule has 0 unspecified atom stereocenters. The number of hydrogen-bond donors (Lipinski definition) is 1. The normalized spacial score (nSPS) is 10.6. The molecule has 1 N–H and O–H groups in total. The molecule has 0 aliphatic rings. The van der Waals surface area contributed by atoms with Crippen molar-refractivity contribution >= 4 is 17.2 Å². The Labute approximate surface area is 146 Å². The molecule has 1 amide bonds. The summed E-state index contributed by atoms with van der Waals surface area (Å²) >= 11 is 1.65. The van der Waals surface area contributed by atoms with E-state index < -0.39 is 0 Å². The van der Waals surface area contributed by atoms with Gasteiger partial charge in [-0.2, -0.15) is 0 Å². The van der Waals surface area contributed by atoms with Crippen LogP contribution in [-0.4, -0.2) is 10.9 Å². The van der Waals surface area contributed by atoms with Crippen LogP contribution in [0.15, 0.2) is 47.8 Å². The van der Waals surface area contributed by atoms with Gasteiger partial charge in [0.15, 0.2) is 0 Å². The summed E-state index contributed by atoms with van der Waals surface area (Å²) < 4.78 is 0. The molecule has 0 aliphatic heterocycles. The van der Waals surface area contributed by atoms with Gasteiger partial charge in [-0.1, -0.05) is 42.0 Å². The second-order valence-corrected chi connectivity index (χ2v) is 7.01. The lowest BCUT2D eigenvalue weighted by Gasteiger charge is -2.09. The number of hydrogen-bond acceptors (Lipinski definition) is 3. The lowest BCUT2D eigenvalue weighted by molar-refractivity contribution is 0.0950. The first kappa shape index (κ1) is 16.4. The number of rotatable bonds is 4. The summed E-state index contributed by atoms with van der Waals surface area (Å²) in [5, 5.41) is 6.11.